The summed E-state index contributed by atoms with van der Waals surface area (Å²) in [5.41, 5.74) is 1.52. The molecule has 0 saturated heterocycles. The Kier molecular flexibility index (Phi) is 5.49. The third-order valence-electron chi connectivity index (χ3n) is 3.61. The summed E-state index contributed by atoms with van der Waals surface area (Å²) in [4.78, 5) is 16.4. The number of hydrogen-bond acceptors (Lipinski definition) is 6. The molecule has 25 heavy (non-hydrogen) atoms. The summed E-state index contributed by atoms with van der Waals surface area (Å²) in [6.07, 6.45) is 5.08. The molecule has 7 nitrogen and oxygen atoms in total. The van der Waals surface area contributed by atoms with Crippen molar-refractivity contribution in [1.82, 2.24) is 30.3 Å². The second kappa shape index (κ2) is 7.98. The van der Waals surface area contributed by atoms with E-state index >= 15 is 0 Å². The molecule has 0 spiro atoms. The van der Waals surface area contributed by atoms with Crippen molar-refractivity contribution < 1.29 is 4.79 Å². The van der Waals surface area contributed by atoms with Gasteiger partial charge in [-0.25, -0.2) is 4.98 Å². The zero-order valence-electron chi connectivity index (χ0n) is 14.2. The van der Waals surface area contributed by atoms with Crippen molar-refractivity contribution in [2.75, 3.05) is 0 Å². The predicted octanol–water partition coefficient (Wildman–Crippen LogP) is 2.57. The molecule has 0 saturated carbocycles. The number of hydrogen-bond donors (Lipinski definition) is 1. The molecule has 2 aromatic heterocycles. The number of amides is 1. The molecule has 3 rings (SSSR count). The minimum Gasteiger partial charge on any atom is -0.348 e. The van der Waals surface area contributed by atoms with Gasteiger partial charge in [-0.3, -0.25) is 9.48 Å². The third kappa shape index (κ3) is 4.48. The molecular weight excluding hydrogens is 336 g/mol. The maximum absolute atomic E-state index is 12.5. The van der Waals surface area contributed by atoms with Gasteiger partial charge in [0.05, 0.1) is 6.54 Å². The van der Waals surface area contributed by atoms with Crippen molar-refractivity contribution in [3.8, 4) is 10.6 Å². The van der Waals surface area contributed by atoms with Gasteiger partial charge in [0.25, 0.3) is 5.91 Å². The lowest BCUT2D eigenvalue weighted by Gasteiger charge is -2.13. The van der Waals surface area contributed by atoms with E-state index in [1.165, 1.54) is 6.33 Å². The van der Waals surface area contributed by atoms with Gasteiger partial charge in [-0.1, -0.05) is 30.4 Å². The van der Waals surface area contributed by atoms with Crippen LogP contribution in [0.1, 0.15) is 35.6 Å². The zero-order valence-corrected chi connectivity index (χ0v) is 15.0. The molecule has 1 N–H and O–H groups in total. The number of nitrogens with zero attached hydrogens (tertiary/aromatic N) is 5. The lowest BCUT2D eigenvalue weighted by molar-refractivity contribution is 0.0936. The SMILES string of the molecule is CCCc1nnc(-c2cccc(C(=O)N[C@H](C)Cn3cncn3)c2)s1. The topological polar surface area (TPSA) is 85.6 Å². The van der Waals surface area contributed by atoms with E-state index in [4.69, 9.17) is 0 Å². The van der Waals surface area contributed by atoms with E-state index < -0.39 is 0 Å². The standard InChI is InChI=1S/C17H20N6OS/c1-3-5-15-21-22-17(25-15)14-7-4-6-13(8-14)16(24)20-12(2)9-23-11-18-10-19-23/h4,6-8,10-12H,3,5,9H2,1-2H3,(H,20,24)/t12-/m1/s1. The molecule has 1 amide bonds. The molecule has 8 heteroatoms. The van der Waals surface area contributed by atoms with Crippen molar-refractivity contribution >= 4 is 17.2 Å². The molecule has 2 heterocycles. The predicted molar refractivity (Wildman–Crippen MR) is 96.3 cm³/mol. The van der Waals surface area contributed by atoms with Gasteiger partial charge < -0.3 is 5.32 Å². The second-order valence-electron chi connectivity index (χ2n) is 5.82. The van der Waals surface area contributed by atoms with Gasteiger partial charge in [-0.15, -0.1) is 10.2 Å². The Morgan fingerprint density at radius 2 is 2.24 bits per heavy atom. The zero-order chi connectivity index (χ0) is 17.6. The van der Waals surface area contributed by atoms with Crippen LogP contribution in [0.25, 0.3) is 10.6 Å². The molecule has 3 aromatic rings. The van der Waals surface area contributed by atoms with Crippen molar-refractivity contribution in [3.63, 3.8) is 0 Å². The first-order valence-corrected chi connectivity index (χ1v) is 9.03. The fourth-order valence-corrected chi connectivity index (χ4v) is 3.38. The van der Waals surface area contributed by atoms with Crippen LogP contribution in [0.4, 0.5) is 0 Å². The molecule has 0 fully saturated rings. The Hall–Kier alpha value is -2.61. The molecule has 1 atom stereocenters. The molecule has 0 aliphatic rings. The van der Waals surface area contributed by atoms with E-state index in [-0.39, 0.29) is 11.9 Å². The van der Waals surface area contributed by atoms with Crippen LogP contribution in [0.15, 0.2) is 36.9 Å². The summed E-state index contributed by atoms with van der Waals surface area (Å²) in [5, 5.41) is 17.3. The van der Waals surface area contributed by atoms with E-state index in [9.17, 15) is 4.79 Å². The van der Waals surface area contributed by atoms with Crippen LogP contribution in [-0.4, -0.2) is 36.9 Å². The number of rotatable bonds is 7. The highest BCUT2D eigenvalue weighted by Crippen LogP contribution is 2.25. The average molecular weight is 356 g/mol. The Bertz CT molecular complexity index is 829. The summed E-state index contributed by atoms with van der Waals surface area (Å²) in [7, 11) is 0. The Labute approximate surface area is 150 Å². The number of nitrogens with one attached hydrogen (secondary N) is 1. The first kappa shape index (κ1) is 17.2. The molecule has 0 bridgehead atoms. The number of aromatic nitrogens is 5. The van der Waals surface area contributed by atoms with Crippen LogP contribution in [0, 0.1) is 0 Å². The Morgan fingerprint density at radius 1 is 1.36 bits per heavy atom. The molecular formula is C17H20N6OS. The Morgan fingerprint density at radius 3 is 3.00 bits per heavy atom. The van der Waals surface area contributed by atoms with Gasteiger partial charge in [0.2, 0.25) is 0 Å². The molecule has 0 aliphatic carbocycles. The van der Waals surface area contributed by atoms with Crippen molar-refractivity contribution in [1.29, 1.82) is 0 Å². The molecule has 0 unspecified atom stereocenters. The van der Waals surface area contributed by atoms with Crippen LogP contribution in [-0.2, 0) is 13.0 Å². The van der Waals surface area contributed by atoms with Gasteiger partial charge in [-0.05, 0) is 25.5 Å². The minimum atomic E-state index is -0.118. The normalized spacial score (nSPS) is 12.1. The highest BCUT2D eigenvalue weighted by atomic mass is 32.1. The van der Waals surface area contributed by atoms with Crippen LogP contribution in [0.3, 0.4) is 0 Å². The van der Waals surface area contributed by atoms with Crippen molar-refractivity contribution in [2.24, 2.45) is 0 Å². The average Bonchev–Trinajstić information content (AvgIpc) is 3.27. The number of carbonyl (C=O) groups excluding carboxylic acids is 1. The van der Waals surface area contributed by atoms with Crippen LogP contribution < -0.4 is 5.32 Å². The summed E-state index contributed by atoms with van der Waals surface area (Å²) in [6, 6.07) is 7.41. The smallest absolute Gasteiger partial charge is 0.251 e. The van der Waals surface area contributed by atoms with Gasteiger partial charge in [0, 0.05) is 23.6 Å². The fourth-order valence-electron chi connectivity index (χ4n) is 2.44. The first-order chi connectivity index (χ1) is 12.2. The van der Waals surface area contributed by atoms with Crippen molar-refractivity contribution in [3.05, 3.63) is 47.5 Å². The van der Waals surface area contributed by atoms with E-state index in [2.05, 4.69) is 32.5 Å². The summed E-state index contributed by atoms with van der Waals surface area (Å²) in [5.74, 6) is -0.118. The van der Waals surface area contributed by atoms with Gasteiger partial charge >= 0.3 is 0 Å². The molecule has 0 radical (unpaired) electrons. The number of carbonyl (C=O) groups is 1. The molecule has 1 aromatic carbocycles. The van der Waals surface area contributed by atoms with Gasteiger partial charge in [0.15, 0.2) is 0 Å². The summed E-state index contributed by atoms with van der Waals surface area (Å²) >= 11 is 1.58. The number of benzene rings is 1. The largest absolute Gasteiger partial charge is 0.348 e. The van der Waals surface area contributed by atoms with Crippen LogP contribution in [0.5, 0.6) is 0 Å². The highest BCUT2D eigenvalue weighted by molar-refractivity contribution is 7.14. The number of aryl methyl sites for hydroxylation is 1. The highest BCUT2D eigenvalue weighted by Gasteiger charge is 2.13. The van der Waals surface area contributed by atoms with E-state index in [0.717, 1.165) is 28.4 Å². The van der Waals surface area contributed by atoms with E-state index in [0.29, 0.717) is 12.1 Å². The maximum Gasteiger partial charge on any atom is 0.251 e. The first-order valence-electron chi connectivity index (χ1n) is 8.21. The summed E-state index contributed by atoms with van der Waals surface area (Å²) < 4.78 is 1.69. The summed E-state index contributed by atoms with van der Waals surface area (Å²) in [6.45, 7) is 4.62. The second-order valence-corrected chi connectivity index (χ2v) is 6.89. The van der Waals surface area contributed by atoms with E-state index in [1.54, 1.807) is 28.4 Å². The van der Waals surface area contributed by atoms with Gasteiger partial charge in [0.1, 0.15) is 22.7 Å². The lowest BCUT2D eigenvalue weighted by Crippen LogP contribution is -2.35. The Balaban J connectivity index is 1.68. The van der Waals surface area contributed by atoms with Crippen LogP contribution in [0.2, 0.25) is 0 Å². The third-order valence-corrected chi connectivity index (χ3v) is 4.64. The minimum absolute atomic E-state index is 0.0597. The van der Waals surface area contributed by atoms with Gasteiger partial charge in [-0.2, -0.15) is 5.10 Å². The quantitative estimate of drug-likeness (QED) is 0.703. The lowest BCUT2D eigenvalue weighted by atomic mass is 10.1. The monoisotopic (exact) mass is 356 g/mol. The fraction of sp³-hybridized carbons (Fsp3) is 0.353. The van der Waals surface area contributed by atoms with Crippen LogP contribution >= 0.6 is 11.3 Å². The molecule has 130 valence electrons. The van der Waals surface area contributed by atoms with Crippen molar-refractivity contribution in [2.45, 2.75) is 39.3 Å². The maximum atomic E-state index is 12.5. The molecule has 0 aliphatic heterocycles. The van der Waals surface area contributed by atoms with E-state index in [1.807, 2.05) is 25.1 Å².